The Hall–Kier alpha value is -6.25. The molecule has 1 aromatic heterocycles. The molecule has 234 valence electrons. The summed E-state index contributed by atoms with van der Waals surface area (Å²) in [5.74, 6) is 1.08. The van der Waals surface area contributed by atoms with Crippen molar-refractivity contribution in [3.05, 3.63) is 192 Å². The van der Waals surface area contributed by atoms with Crippen molar-refractivity contribution < 1.29 is 0 Å². The highest BCUT2D eigenvalue weighted by molar-refractivity contribution is 6.06. The fraction of sp³-hybridized carbons (Fsp3) is 0.0625. The Morgan fingerprint density at radius 3 is 2.00 bits per heavy atom. The number of imidazole rings is 1. The minimum atomic E-state index is -0.401. The standard InChI is InChI=1S/C48H32N2/c1-2-46-49-44-20-9-10-21-45(44)50(46)35-15-11-14-30(27-35)33-22-24-36-34(26-33)23-25-39-40-28-31-12-3-4-13-32(31)29-43(40)48(47(36)39)41-18-7-5-16-37(41)38-17-6-8-19-42(38)48/h3-29H,2H2,1H3. The molecular weight excluding hydrogens is 605 g/mol. The lowest BCUT2D eigenvalue weighted by molar-refractivity contribution is 0.802. The maximum Gasteiger partial charge on any atom is 0.114 e. The van der Waals surface area contributed by atoms with Gasteiger partial charge in [0.15, 0.2) is 0 Å². The maximum absolute atomic E-state index is 4.95. The number of hydrogen-bond donors (Lipinski definition) is 0. The summed E-state index contributed by atoms with van der Waals surface area (Å²) in [6.45, 7) is 2.18. The monoisotopic (exact) mass is 636 g/mol. The second kappa shape index (κ2) is 10.1. The van der Waals surface area contributed by atoms with Crippen molar-refractivity contribution >= 4 is 32.6 Å². The number of rotatable bonds is 3. The summed E-state index contributed by atoms with van der Waals surface area (Å²) in [5.41, 5.74) is 16.2. The molecule has 0 radical (unpaired) electrons. The molecular formula is C48H32N2. The van der Waals surface area contributed by atoms with Crippen LogP contribution < -0.4 is 0 Å². The van der Waals surface area contributed by atoms with Crippen molar-refractivity contribution in [1.82, 2.24) is 9.55 Å². The quantitative estimate of drug-likeness (QED) is 0.189. The maximum atomic E-state index is 4.95. The first-order valence-electron chi connectivity index (χ1n) is 17.6. The van der Waals surface area contributed by atoms with Crippen LogP contribution in [0.5, 0.6) is 0 Å². The Bertz CT molecular complexity index is 2830. The fourth-order valence-electron chi connectivity index (χ4n) is 9.27. The molecule has 0 N–H and O–H groups in total. The van der Waals surface area contributed by atoms with Gasteiger partial charge in [0.25, 0.3) is 0 Å². The van der Waals surface area contributed by atoms with Crippen LogP contribution in [0, 0.1) is 0 Å². The van der Waals surface area contributed by atoms with E-state index >= 15 is 0 Å². The predicted octanol–water partition coefficient (Wildman–Crippen LogP) is 11.9. The van der Waals surface area contributed by atoms with Gasteiger partial charge in [-0.2, -0.15) is 0 Å². The molecule has 0 fully saturated rings. The normalized spacial score (nSPS) is 13.5. The highest BCUT2D eigenvalue weighted by atomic mass is 15.1. The summed E-state index contributed by atoms with van der Waals surface area (Å²) >= 11 is 0. The lowest BCUT2D eigenvalue weighted by atomic mass is 9.69. The summed E-state index contributed by atoms with van der Waals surface area (Å²) < 4.78 is 2.31. The van der Waals surface area contributed by atoms with Crippen LogP contribution in [0.4, 0.5) is 0 Å². The second-order valence-corrected chi connectivity index (χ2v) is 13.8. The first-order valence-corrected chi connectivity index (χ1v) is 17.6. The van der Waals surface area contributed by atoms with Crippen molar-refractivity contribution in [2.24, 2.45) is 0 Å². The minimum Gasteiger partial charge on any atom is -0.296 e. The molecule has 8 aromatic carbocycles. The van der Waals surface area contributed by atoms with E-state index in [1.165, 1.54) is 77.2 Å². The molecule has 2 nitrogen and oxygen atoms in total. The molecule has 0 saturated carbocycles. The summed E-state index contributed by atoms with van der Waals surface area (Å²) in [7, 11) is 0. The first-order chi connectivity index (χ1) is 24.7. The van der Waals surface area contributed by atoms with E-state index in [1.54, 1.807) is 0 Å². The van der Waals surface area contributed by atoms with Crippen LogP contribution in [0.1, 0.15) is 35.0 Å². The largest absolute Gasteiger partial charge is 0.296 e. The molecule has 0 amide bonds. The number of hydrogen-bond acceptors (Lipinski definition) is 1. The fourth-order valence-corrected chi connectivity index (χ4v) is 9.27. The Balaban J connectivity index is 1.16. The molecule has 0 unspecified atom stereocenters. The van der Waals surface area contributed by atoms with Crippen LogP contribution in [-0.4, -0.2) is 9.55 Å². The number of para-hydroxylation sites is 2. The number of benzene rings is 8. The summed E-state index contributed by atoms with van der Waals surface area (Å²) in [5, 5.41) is 5.13. The van der Waals surface area contributed by atoms with E-state index in [2.05, 4.69) is 175 Å². The summed E-state index contributed by atoms with van der Waals surface area (Å²) in [4.78, 5) is 4.95. The number of aryl methyl sites for hydroxylation is 1. The molecule has 2 heteroatoms. The number of aromatic nitrogens is 2. The van der Waals surface area contributed by atoms with Crippen LogP contribution in [0.2, 0.25) is 0 Å². The average molecular weight is 637 g/mol. The van der Waals surface area contributed by atoms with E-state index in [4.69, 9.17) is 4.98 Å². The van der Waals surface area contributed by atoms with Crippen LogP contribution in [0.15, 0.2) is 164 Å². The van der Waals surface area contributed by atoms with E-state index in [9.17, 15) is 0 Å². The number of nitrogens with zero attached hydrogens (tertiary/aromatic N) is 2. The van der Waals surface area contributed by atoms with Gasteiger partial charge in [-0.25, -0.2) is 4.98 Å². The van der Waals surface area contributed by atoms with E-state index in [-0.39, 0.29) is 0 Å². The molecule has 2 aliphatic rings. The molecule has 11 rings (SSSR count). The van der Waals surface area contributed by atoms with Gasteiger partial charge in [0, 0.05) is 12.1 Å². The van der Waals surface area contributed by atoms with Gasteiger partial charge in [0.1, 0.15) is 5.82 Å². The third-order valence-corrected chi connectivity index (χ3v) is 11.3. The Labute approximate surface area is 290 Å². The Morgan fingerprint density at radius 2 is 1.20 bits per heavy atom. The van der Waals surface area contributed by atoms with Crippen molar-refractivity contribution in [3.8, 4) is 39.1 Å². The second-order valence-electron chi connectivity index (χ2n) is 13.8. The van der Waals surface area contributed by atoms with Gasteiger partial charge in [-0.15, -0.1) is 0 Å². The Kier molecular flexibility index (Phi) is 5.61. The van der Waals surface area contributed by atoms with E-state index < -0.39 is 5.41 Å². The van der Waals surface area contributed by atoms with Crippen molar-refractivity contribution in [2.45, 2.75) is 18.8 Å². The van der Waals surface area contributed by atoms with E-state index in [0.717, 1.165) is 29.0 Å². The van der Waals surface area contributed by atoms with Crippen molar-refractivity contribution in [3.63, 3.8) is 0 Å². The molecule has 0 atom stereocenters. The lowest BCUT2D eigenvalue weighted by Gasteiger charge is -2.31. The van der Waals surface area contributed by atoms with Crippen LogP contribution in [0.3, 0.4) is 0 Å². The third-order valence-electron chi connectivity index (χ3n) is 11.3. The molecule has 2 aliphatic carbocycles. The highest BCUT2D eigenvalue weighted by Crippen LogP contribution is 2.64. The van der Waals surface area contributed by atoms with Crippen molar-refractivity contribution in [2.75, 3.05) is 0 Å². The smallest absolute Gasteiger partial charge is 0.114 e. The van der Waals surface area contributed by atoms with Gasteiger partial charge >= 0.3 is 0 Å². The zero-order chi connectivity index (χ0) is 33.0. The van der Waals surface area contributed by atoms with Crippen LogP contribution >= 0.6 is 0 Å². The molecule has 50 heavy (non-hydrogen) atoms. The van der Waals surface area contributed by atoms with E-state index in [1.807, 2.05) is 0 Å². The summed E-state index contributed by atoms with van der Waals surface area (Å²) in [6.07, 6.45) is 0.867. The SMILES string of the molecule is CCc1nc2ccccc2n1-c1cccc(-c2ccc3c4c(ccc3c2)-c2cc3ccccc3cc2C42c3ccccc3-c3ccccc32)c1. The van der Waals surface area contributed by atoms with Crippen LogP contribution in [-0.2, 0) is 11.8 Å². The molecule has 0 aliphatic heterocycles. The van der Waals surface area contributed by atoms with Gasteiger partial charge < -0.3 is 0 Å². The zero-order valence-corrected chi connectivity index (χ0v) is 27.7. The van der Waals surface area contributed by atoms with Crippen molar-refractivity contribution in [1.29, 1.82) is 0 Å². The first kappa shape index (κ1) is 27.7. The van der Waals surface area contributed by atoms with Crippen LogP contribution in [0.25, 0.3) is 71.6 Å². The zero-order valence-electron chi connectivity index (χ0n) is 27.7. The molecule has 9 aromatic rings. The minimum absolute atomic E-state index is 0.401. The van der Waals surface area contributed by atoms with Gasteiger partial charge in [-0.3, -0.25) is 4.57 Å². The molecule has 1 spiro atoms. The molecule has 0 bridgehead atoms. The topological polar surface area (TPSA) is 17.8 Å². The number of fused-ring (bicyclic) bond motifs is 14. The average Bonchev–Trinajstić information content (AvgIpc) is 3.80. The third kappa shape index (κ3) is 3.55. The van der Waals surface area contributed by atoms with E-state index in [0.29, 0.717) is 0 Å². The lowest BCUT2D eigenvalue weighted by Crippen LogP contribution is -2.26. The van der Waals surface area contributed by atoms with Gasteiger partial charge in [0.2, 0.25) is 0 Å². The summed E-state index contributed by atoms with van der Waals surface area (Å²) in [6, 6.07) is 61.0. The van der Waals surface area contributed by atoms with Gasteiger partial charge in [0.05, 0.1) is 16.4 Å². The van der Waals surface area contributed by atoms with Gasteiger partial charge in [-0.1, -0.05) is 128 Å². The highest BCUT2D eigenvalue weighted by Gasteiger charge is 2.52. The molecule has 0 saturated heterocycles. The predicted molar refractivity (Wildman–Crippen MR) is 207 cm³/mol. The Morgan fingerprint density at radius 1 is 0.500 bits per heavy atom. The molecule has 1 heterocycles. The van der Waals surface area contributed by atoms with Gasteiger partial charge in [-0.05, 0) is 120 Å².